The van der Waals surface area contributed by atoms with Crippen LogP contribution in [0.1, 0.15) is 24.5 Å². The molecule has 1 aromatic carbocycles. The van der Waals surface area contributed by atoms with E-state index in [1.165, 1.54) is 24.3 Å². The summed E-state index contributed by atoms with van der Waals surface area (Å²) in [6, 6.07) is 4.20. The Morgan fingerprint density at radius 3 is 2.55 bits per heavy atom. The van der Waals surface area contributed by atoms with Gasteiger partial charge in [0.1, 0.15) is 23.4 Å². The molecule has 1 aromatic rings. The van der Waals surface area contributed by atoms with Crippen molar-refractivity contribution in [3.8, 4) is 11.5 Å². The molecular formula is C16H16O6. The molecule has 1 heterocycles. The first kappa shape index (κ1) is 14.3. The number of hydrogen-bond acceptors (Lipinski definition) is 6. The molecule has 3 rings (SSSR count). The van der Waals surface area contributed by atoms with Gasteiger partial charge in [-0.15, -0.1) is 0 Å². The molecule has 0 saturated heterocycles. The summed E-state index contributed by atoms with van der Waals surface area (Å²) in [7, 11) is 0. The standard InChI is InChI=1S/C16H16O6/c17-9-2-4-15-10(12(19)6-9)7-14(21)16(22-15)8-1-3-11(18)13(20)5-8/h1-3,5-6,14,16-21H,4,7H2/t14?,16-/m0/s1. The second-order valence-electron chi connectivity index (χ2n) is 5.32. The molecule has 22 heavy (non-hydrogen) atoms. The fourth-order valence-corrected chi connectivity index (χ4v) is 2.64. The molecule has 0 fully saturated rings. The average Bonchev–Trinajstić information content (AvgIpc) is 2.61. The first-order valence-corrected chi connectivity index (χ1v) is 6.84. The van der Waals surface area contributed by atoms with Crippen LogP contribution in [0.25, 0.3) is 0 Å². The van der Waals surface area contributed by atoms with Crippen LogP contribution in [0.3, 0.4) is 0 Å². The molecule has 0 radical (unpaired) electrons. The van der Waals surface area contributed by atoms with Crippen LogP contribution >= 0.6 is 0 Å². The number of hydrogen-bond donors (Lipinski definition) is 5. The second kappa shape index (κ2) is 5.31. The van der Waals surface area contributed by atoms with Crippen LogP contribution in [0.5, 0.6) is 11.5 Å². The smallest absolute Gasteiger partial charge is 0.157 e. The van der Waals surface area contributed by atoms with Crippen molar-refractivity contribution in [2.24, 2.45) is 0 Å². The van der Waals surface area contributed by atoms with E-state index in [-0.39, 0.29) is 35.9 Å². The molecule has 5 N–H and O–H groups in total. The summed E-state index contributed by atoms with van der Waals surface area (Å²) in [4.78, 5) is 0. The lowest BCUT2D eigenvalue weighted by Gasteiger charge is -2.32. The first-order valence-electron chi connectivity index (χ1n) is 6.84. The molecule has 116 valence electrons. The van der Waals surface area contributed by atoms with Crippen LogP contribution in [0, 0.1) is 0 Å². The van der Waals surface area contributed by atoms with Crippen LogP contribution in [-0.2, 0) is 4.74 Å². The highest BCUT2D eigenvalue weighted by atomic mass is 16.5. The SMILES string of the molecule is OC1=CCC2=C(CC(O)[C@H](c3ccc(O)c(O)c3)O2)C(O)=C1. The van der Waals surface area contributed by atoms with Crippen LogP contribution < -0.4 is 0 Å². The van der Waals surface area contributed by atoms with E-state index >= 15 is 0 Å². The highest BCUT2D eigenvalue weighted by molar-refractivity contribution is 5.43. The summed E-state index contributed by atoms with van der Waals surface area (Å²) in [5.74, 6) is -0.289. The molecule has 1 aliphatic carbocycles. The minimum Gasteiger partial charge on any atom is -0.508 e. The van der Waals surface area contributed by atoms with Crippen molar-refractivity contribution >= 4 is 0 Å². The van der Waals surface area contributed by atoms with E-state index in [0.717, 1.165) is 0 Å². The summed E-state index contributed by atoms with van der Waals surface area (Å²) in [5, 5.41) is 48.7. The second-order valence-corrected chi connectivity index (χ2v) is 5.32. The highest BCUT2D eigenvalue weighted by Crippen LogP contribution is 2.40. The van der Waals surface area contributed by atoms with Gasteiger partial charge >= 0.3 is 0 Å². The number of benzene rings is 1. The third-order valence-electron chi connectivity index (χ3n) is 3.79. The molecule has 6 heteroatoms. The normalized spacial score (nSPS) is 24.8. The summed E-state index contributed by atoms with van der Waals surface area (Å²) in [6.45, 7) is 0. The molecule has 0 amide bonds. The largest absolute Gasteiger partial charge is 0.508 e. The number of ether oxygens (including phenoxy) is 1. The first-order chi connectivity index (χ1) is 10.5. The Morgan fingerprint density at radius 2 is 1.82 bits per heavy atom. The summed E-state index contributed by atoms with van der Waals surface area (Å²) in [6.07, 6.45) is 1.50. The quantitative estimate of drug-likeness (QED) is 0.510. The van der Waals surface area contributed by atoms with Gasteiger partial charge in [0.05, 0.1) is 6.10 Å². The number of rotatable bonds is 1. The molecule has 0 saturated carbocycles. The third kappa shape index (κ3) is 2.48. The maximum atomic E-state index is 10.3. The van der Waals surface area contributed by atoms with Crippen LogP contribution in [0.2, 0.25) is 0 Å². The minimum atomic E-state index is -0.932. The summed E-state index contributed by atoms with van der Waals surface area (Å²) >= 11 is 0. The van der Waals surface area contributed by atoms with Gasteiger partial charge in [-0.2, -0.15) is 0 Å². The van der Waals surface area contributed by atoms with Crippen molar-refractivity contribution in [1.29, 1.82) is 0 Å². The number of aliphatic hydroxyl groups is 3. The van der Waals surface area contributed by atoms with Gasteiger partial charge in [0, 0.05) is 24.5 Å². The van der Waals surface area contributed by atoms with Gasteiger partial charge in [0.15, 0.2) is 11.5 Å². The number of phenols is 2. The van der Waals surface area contributed by atoms with Gasteiger partial charge in [-0.3, -0.25) is 0 Å². The van der Waals surface area contributed by atoms with E-state index in [0.29, 0.717) is 16.9 Å². The van der Waals surface area contributed by atoms with E-state index in [4.69, 9.17) is 4.74 Å². The lowest BCUT2D eigenvalue weighted by molar-refractivity contribution is -0.0241. The summed E-state index contributed by atoms with van der Waals surface area (Å²) < 4.78 is 5.76. The van der Waals surface area contributed by atoms with E-state index < -0.39 is 12.2 Å². The predicted octanol–water partition coefficient (Wildman–Crippen LogP) is 2.46. The highest BCUT2D eigenvalue weighted by Gasteiger charge is 2.33. The number of aliphatic hydroxyl groups excluding tert-OH is 3. The van der Waals surface area contributed by atoms with E-state index in [1.54, 1.807) is 6.07 Å². The lowest BCUT2D eigenvalue weighted by atomic mass is 9.93. The molecule has 2 aliphatic rings. The van der Waals surface area contributed by atoms with Crippen molar-refractivity contribution in [1.82, 2.24) is 0 Å². The van der Waals surface area contributed by atoms with E-state index in [1.807, 2.05) is 0 Å². The topological polar surface area (TPSA) is 110 Å². The third-order valence-corrected chi connectivity index (χ3v) is 3.79. The Hall–Kier alpha value is -2.60. The van der Waals surface area contributed by atoms with Crippen LogP contribution in [0.4, 0.5) is 0 Å². The van der Waals surface area contributed by atoms with Crippen molar-refractivity contribution in [2.45, 2.75) is 25.0 Å². The maximum absolute atomic E-state index is 10.3. The van der Waals surface area contributed by atoms with Gasteiger partial charge in [-0.05, 0) is 23.8 Å². The summed E-state index contributed by atoms with van der Waals surface area (Å²) in [5.41, 5.74) is 0.960. The van der Waals surface area contributed by atoms with Gasteiger partial charge in [0.25, 0.3) is 0 Å². The Kier molecular flexibility index (Phi) is 3.46. The Bertz CT molecular complexity index is 701. The fraction of sp³-hybridized carbons (Fsp3) is 0.250. The fourth-order valence-electron chi connectivity index (χ4n) is 2.64. The van der Waals surface area contributed by atoms with Crippen molar-refractivity contribution in [3.05, 3.63) is 58.8 Å². The van der Waals surface area contributed by atoms with Gasteiger partial charge in [0.2, 0.25) is 0 Å². The number of allylic oxidation sites excluding steroid dienone is 3. The zero-order chi connectivity index (χ0) is 15.9. The molecule has 2 atom stereocenters. The molecular weight excluding hydrogens is 288 g/mol. The van der Waals surface area contributed by atoms with E-state index in [2.05, 4.69) is 0 Å². The maximum Gasteiger partial charge on any atom is 0.157 e. The molecule has 0 spiro atoms. The molecule has 1 unspecified atom stereocenters. The zero-order valence-corrected chi connectivity index (χ0v) is 11.6. The Morgan fingerprint density at radius 1 is 1.05 bits per heavy atom. The lowest BCUT2D eigenvalue weighted by Crippen LogP contribution is -2.27. The average molecular weight is 304 g/mol. The number of aromatic hydroxyl groups is 2. The number of phenolic OH excluding ortho intramolecular Hbond substituents is 2. The Labute approximate surface area is 126 Å². The van der Waals surface area contributed by atoms with E-state index in [9.17, 15) is 25.5 Å². The molecule has 0 bridgehead atoms. The Balaban J connectivity index is 1.94. The predicted molar refractivity (Wildman–Crippen MR) is 77.3 cm³/mol. The van der Waals surface area contributed by atoms with Crippen molar-refractivity contribution in [3.63, 3.8) is 0 Å². The van der Waals surface area contributed by atoms with Crippen molar-refractivity contribution < 1.29 is 30.3 Å². The van der Waals surface area contributed by atoms with Gasteiger partial charge in [-0.25, -0.2) is 0 Å². The molecule has 1 aliphatic heterocycles. The van der Waals surface area contributed by atoms with Crippen LogP contribution in [-0.4, -0.2) is 31.6 Å². The molecule has 0 aromatic heterocycles. The molecule has 6 nitrogen and oxygen atoms in total. The van der Waals surface area contributed by atoms with Crippen LogP contribution in [0.15, 0.2) is 53.2 Å². The monoisotopic (exact) mass is 304 g/mol. The minimum absolute atomic E-state index is 0.0659. The van der Waals surface area contributed by atoms with Gasteiger partial charge < -0.3 is 30.3 Å². The van der Waals surface area contributed by atoms with Crippen molar-refractivity contribution in [2.75, 3.05) is 0 Å². The zero-order valence-electron chi connectivity index (χ0n) is 11.6. The van der Waals surface area contributed by atoms with Gasteiger partial charge in [-0.1, -0.05) is 6.07 Å².